The number of halogens is 6. The minimum atomic E-state index is -0.922. The number of carbonyl (C=O) groups excluding carboxylic acids is 2. The normalized spacial score (nSPS) is 13.7. The van der Waals surface area contributed by atoms with E-state index in [1.165, 1.54) is 12.1 Å². The Morgan fingerprint density at radius 1 is 0.706 bits per heavy atom. The quantitative estimate of drug-likeness (QED) is 0.0975. The summed E-state index contributed by atoms with van der Waals surface area (Å²) < 4.78 is 52.4. The van der Waals surface area contributed by atoms with Gasteiger partial charge in [0.05, 0.1) is 10.8 Å². The molecule has 0 heterocycles. The third kappa shape index (κ3) is 18.1. The van der Waals surface area contributed by atoms with Crippen molar-refractivity contribution in [2.45, 2.75) is 104 Å². The van der Waals surface area contributed by atoms with Crippen LogP contribution in [0.15, 0.2) is 60.7 Å². The molecule has 2 N–H and O–H groups in total. The van der Waals surface area contributed by atoms with Gasteiger partial charge in [-0.3, -0.25) is 21.7 Å². The van der Waals surface area contributed by atoms with Crippen molar-refractivity contribution in [3.63, 3.8) is 0 Å². The van der Waals surface area contributed by atoms with Gasteiger partial charge < -0.3 is 10.6 Å². The van der Waals surface area contributed by atoms with Crippen molar-refractivity contribution in [3.05, 3.63) is 108 Å². The van der Waals surface area contributed by atoms with E-state index >= 15 is 0 Å². The Hall–Kier alpha value is -2.65. The molecule has 2 atom stereocenters. The van der Waals surface area contributed by atoms with Gasteiger partial charge in [0.25, 0.3) is 0 Å². The summed E-state index contributed by atoms with van der Waals surface area (Å²) in [6.45, 7) is 10.9. The van der Waals surface area contributed by atoms with Crippen LogP contribution < -0.4 is 10.6 Å². The summed E-state index contributed by atoms with van der Waals surface area (Å²) in [4.78, 5) is 24.4. The number of hydrogen-bond acceptors (Lipinski definition) is 2. The number of allylic oxidation sites excluding steroid dienone is 8. The van der Waals surface area contributed by atoms with Crippen molar-refractivity contribution < 1.29 is 48.9 Å². The summed E-state index contributed by atoms with van der Waals surface area (Å²) in [5, 5.41) is 4.17. The third-order valence-electron chi connectivity index (χ3n) is 7.75. The van der Waals surface area contributed by atoms with Crippen LogP contribution in [-0.4, -0.2) is 22.6 Å². The smallest absolute Gasteiger partial charge is 0.376 e. The number of amides is 2. The largest absolute Gasteiger partial charge is 4.00 e. The molecule has 2 unspecified atom stereocenters. The van der Waals surface area contributed by atoms with Crippen molar-refractivity contribution in [1.82, 2.24) is 0 Å². The summed E-state index contributed by atoms with van der Waals surface area (Å²) in [7, 11) is 0. The molecule has 2 aliphatic carbocycles. The standard InChI is InChI=1S/2C15H19ClF2NO.2C5H5.Ti/c2*1-4-5-6-13(16)15(2,3)14(20)19-12-8-7-10(17)9-11(12)18;2*1-2-4-5-3-1;/h2*7-8,13H,4-6H2,1-3H3,(H,19,20);2*1-3H,4H2;/q4*-1;+4. The molecule has 2 aromatic carbocycles. The van der Waals surface area contributed by atoms with Crippen LogP contribution in [0.1, 0.15) is 92.9 Å². The molecule has 0 saturated carbocycles. The minimum absolute atomic E-state index is 0. The van der Waals surface area contributed by atoms with Crippen LogP contribution in [0.2, 0.25) is 0 Å². The number of anilines is 2. The van der Waals surface area contributed by atoms with Gasteiger partial charge >= 0.3 is 21.7 Å². The molecule has 0 fully saturated rings. The molecule has 0 radical (unpaired) electrons. The molecule has 2 aromatic rings. The second-order valence-electron chi connectivity index (χ2n) is 12.6. The molecule has 2 amide bonds. The van der Waals surface area contributed by atoms with Crippen LogP contribution in [0.3, 0.4) is 0 Å². The minimum Gasteiger partial charge on any atom is -0.376 e. The molecular weight excluding hydrogens is 735 g/mol. The van der Waals surface area contributed by atoms with E-state index in [-0.39, 0.29) is 43.8 Å². The van der Waals surface area contributed by atoms with Crippen LogP contribution in [-0.2, 0) is 31.3 Å². The molecule has 4 nitrogen and oxygen atoms in total. The van der Waals surface area contributed by atoms with Gasteiger partial charge in [0.1, 0.15) is 0 Å². The first-order chi connectivity index (χ1) is 23.6. The van der Waals surface area contributed by atoms with Crippen molar-refractivity contribution in [2.24, 2.45) is 10.8 Å². The summed E-state index contributed by atoms with van der Waals surface area (Å²) in [6.07, 6.45) is 25.2. The topological polar surface area (TPSA) is 58.2 Å². The molecule has 2 aliphatic rings. The monoisotopic (exact) mass is 782 g/mol. The number of unbranched alkanes of at least 4 members (excludes halogenated alkanes) is 2. The van der Waals surface area contributed by atoms with E-state index in [9.17, 15) is 27.2 Å². The van der Waals surface area contributed by atoms with Crippen LogP contribution in [0.5, 0.6) is 0 Å². The summed E-state index contributed by atoms with van der Waals surface area (Å²) in [5.41, 5.74) is -1.89. The predicted octanol–water partition coefficient (Wildman–Crippen LogP) is 11.7. The van der Waals surface area contributed by atoms with Crippen LogP contribution in [0, 0.1) is 58.4 Å². The average Bonchev–Trinajstić information content (AvgIpc) is 3.85. The predicted molar refractivity (Wildman–Crippen MR) is 197 cm³/mol. The van der Waals surface area contributed by atoms with Crippen LogP contribution >= 0.6 is 23.2 Å². The third-order valence-corrected chi connectivity index (χ3v) is 9.28. The molecule has 0 aromatic heterocycles. The first-order valence-corrected chi connectivity index (χ1v) is 17.5. The fraction of sp³-hybridized carbons (Fsp3) is 0.450. The number of alkyl halides is 2. The second-order valence-corrected chi connectivity index (χ2v) is 13.7. The summed E-state index contributed by atoms with van der Waals surface area (Å²) >= 11 is 12.5. The second kappa shape index (κ2) is 25.4. The SMILES string of the molecule is CCCCC(Cl)C(C)(C)C(=O)Nc1ccc(F)[c-]c1F.CCCCC(Cl)C(C)(C)C(=O)Nc1ccc(F)[c-]c1F.[C-]1=CC=CC1.[C-]1=CC=CC1.[Ti+4]. The van der Waals surface area contributed by atoms with E-state index in [4.69, 9.17) is 23.2 Å². The zero-order valence-electron chi connectivity index (χ0n) is 30.2. The molecule has 4 rings (SSSR count). The molecule has 0 aliphatic heterocycles. The van der Waals surface area contributed by atoms with E-state index in [0.29, 0.717) is 12.8 Å². The Balaban J connectivity index is 0.000000754. The Kier molecular flexibility index (Phi) is 24.0. The molecule has 0 saturated heterocycles. The van der Waals surface area contributed by atoms with Crippen molar-refractivity contribution >= 4 is 46.4 Å². The maximum atomic E-state index is 13.5. The van der Waals surface area contributed by atoms with Crippen molar-refractivity contribution in [1.29, 1.82) is 0 Å². The number of carbonyl (C=O) groups is 2. The van der Waals surface area contributed by atoms with E-state index < -0.39 is 45.9 Å². The van der Waals surface area contributed by atoms with E-state index in [1.807, 2.05) is 50.3 Å². The fourth-order valence-electron chi connectivity index (χ4n) is 4.10. The van der Waals surface area contributed by atoms with Gasteiger partial charge in [0, 0.05) is 34.0 Å². The van der Waals surface area contributed by atoms with E-state index in [0.717, 1.165) is 50.7 Å². The number of hydrogen-bond donors (Lipinski definition) is 2. The average molecular weight is 784 g/mol. The Labute approximate surface area is 327 Å². The number of nitrogens with one attached hydrogen (secondary N) is 2. The van der Waals surface area contributed by atoms with Gasteiger partial charge in [-0.05, 0) is 51.9 Å². The maximum absolute atomic E-state index is 13.5. The zero-order chi connectivity index (χ0) is 37.7. The number of rotatable bonds is 12. The first-order valence-electron chi connectivity index (χ1n) is 16.7. The molecule has 0 spiro atoms. The van der Waals surface area contributed by atoms with Gasteiger partial charge in [-0.2, -0.15) is 12.2 Å². The van der Waals surface area contributed by atoms with Gasteiger partial charge in [-0.25, -0.2) is 41.9 Å². The van der Waals surface area contributed by atoms with Crippen LogP contribution in [0.25, 0.3) is 0 Å². The Morgan fingerprint density at radius 2 is 1.06 bits per heavy atom. The zero-order valence-corrected chi connectivity index (χ0v) is 33.2. The fourth-order valence-corrected chi connectivity index (χ4v) is 4.61. The van der Waals surface area contributed by atoms with Crippen molar-refractivity contribution in [2.75, 3.05) is 10.6 Å². The summed E-state index contributed by atoms with van der Waals surface area (Å²) in [6, 6.07) is 8.18. The van der Waals surface area contributed by atoms with Gasteiger partial charge in [-0.1, -0.05) is 39.5 Å². The molecule has 51 heavy (non-hydrogen) atoms. The molecule has 11 heteroatoms. The molecule has 276 valence electrons. The molecule has 0 bridgehead atoms. The van der Waals surface area contributed by atoms with E-state index in [2.05, 4.69) is 34.9 Å². The Morgan fingerprint density at radius 3 is 1.29 bits per heavy atom. The summed E-state index contributed by atoms with van der Waals surface area (Å²) in [5.74, 6) is -4.25. The number of benzene rings is 2. The first kappa shape index (κ1) is 48.4. The van der Waals surface area contributed by atoms with Gasteiger partial charge in [0.15, 0.2) is 0 Å². The molecular formula is C40H48Cl2F4N2O2Ti. The van der Waals surface area contributed by atoms with Gasteiger partial charge in [-0.15, -0.1) is 72.4 Å². The van der Waals surface area contributed by atoms with E-state index in [1.54, 1.807) is 27.7 Å². The maximum Gasteiger partial charge on any atom is 4.00 e. The van der Waals surface area contributed by atoms with Gasteiger partial charge in [0.2, 0.25) is 11.8 Å². The Bertz CT molecular complexity index is 1350. The van der Waals surface area contributed by atoms with Crippen LogP contribution in [0.4, 0.5) is 28.9 Å². The van der Waals surface area contributed by atoms with Crippen molar-refractivity contribution in [3.8, 4) is 0 Å².